The first-order valence-electron chi connectivity index (χ1n) is 6.77. The van der Waals surface area contributed by atoms with Crippen LogP contribution in [0.25, 0.3) is 0 Å². The molecule has 1 aromatic carbocycles. The molecular formula is C15H23NO3. The minimum atomic E-state index is -0.0894. The zero-order valence-electron chi connectivity index (χ0n) is 11.8. The molecule has 0 spiro atoms. The number of aliphatic hydroxyl groups is 1. The van der Waals surface area contributed by atoms with Crippen LogP contribution in [0.5, 0.6) is 11.5 Å². The number of ether oxygens (including phenoxy) is 2. The first-order chi connectivity index (χ1) is 9.13. The maximum atomic E-state index is 9.29. The van der Waals surface area contributed by atoms with Gasteiger partial charge in [-0.05, 0) is 50.4 Å². The van der Waals surface area contributed by atoms with E-state index in [0.717, 1.165) is 36.4 Å². The third-order valence-electron chi connectivity index (χ3n) is 3.83. The highest BCUT2D eigenvalue weighted by atomic mass is 16.5. The number of hydrogen-bond acceptors (Lipinski definition) is 4. The fourth-order valence-electron chi connectivity index (χ4n) is 2.50. The van der Waals surface area contributed by atoms with E-state index in [9.17, 15) is 5.11 Å². The highest BCUT2D eigenvalue weighted by Crippen LogP contribution is 2.31. The van der Waals surface area contributed by atoms with Gasteiger partial charge in [0.25, 0.3) is 0 Å². The molecule has 1 fully saturated rings. The third-order valence-corrected chi connectivity index (χ3v) is 3.83. The quantitative estimate of drug-likeness (QED) is 0.827. The maximum absolute atomic E-state index is 9.29. The highest BCUT2D eigenvalue weighted by molar-refractivity contribution is 5.42. The zero-order chi connectivity index (χ0) is 13.8. The molecule has 2 N–H and O–H groups in total. The molecule has 0 radical (unpaired) electrons. The molecule has 4 heteroatoms. The molecule has 1 unspecified atom stereocenters. The number of rotatable bonds is 6. The van der Waals surface area contributed by atoms with Crippen LogP contribution in [0.15, 0.2) is 18.2 Å². The summed E-state index contributed by atoms with van der Waals surface area (Å²) in [7, 11) is 3.35. The lowest BCUT2D eigenvalue weighted by Gasteiger charge is -2.32. The van der Waals surface area contributed by atoms with Gasteiger partial charge < -0.3 is 19.9 Å². The van der Waals surface area contributed by atoms with Gasteiger partial charge in [-0.15, -0.1) is 0 Å². The van der Waals surface area contributed by atoms with E-state index in [0.29, 0.717) is 5.92 Å². The van der Waals surface area contributed by atoms with Crippen LogP contribution in [0.4, 0.5) is 0 Å². The standard InChI is InChI=1S/C15H23NO3/c1-10(16-9-11-6-12(17)7-11)14-8-13(18-2)4-5-15(14)19-3/h4-5,8,10-12,16-17H,6-7,9H2,1-3H3. The van der Waals surface area contributed by atoms with Gasteiger partial charge in [0, 0.05) is 11.6 Å². The molecule has 0 bridgehead atoms. The Morgan fingerprint density at radius 1 is 1.32 bits per heavy atom. The van der Waals surface area contributed by atoms with E-state index >= 15 is 0 Å². The van der Waals surface area contributed by atoms with E-state index in [1.165, 1.54) is 0 Å². The molecule has 0 heterocycles. The molecule has 0 aliphatic heterocycles. The van der Waals surface area contributed by atoms with Gasteiger partial charge in [0.2, 0.25) is 0 Å². The number of nitrogens with one attached hydrogen (secondary N) is 1. The van der Waals surface area contributed by atoms with E-state index in [1.54, 1.807) is 14.2 Å². The van der Waals surface area contributed by atoms with Crippen LogP contribution in [0.1, 0.15) is 31.4 Å². The molecule has 1 aromatic rings. The molecule has 2 rings (SSSR count). The van der Waals surface area contributed by atoms with E-state index in [1.807, 2.05) is 18.2 Å². The third kappa shape index (κ3) is 3.39. The van der Waals surface area contributed by atoms with Gasteiger partial charge in [-0.1, -0.05) is 0 Å². The van der Waals surface area contributed by atoms with Crippen LogP contribution < -0.4 is 14.8 Å². The van der Waals surface area contributed by atoms with Gasteiger partial charge in [0.1, 0.15) is 11.5 Å². The van der Waals surface area contributed by atoms with Crippen molar-refractivity contribution in [2.75, 3.05) is 20.8 Å². The second-order valence-electron chi connectivity index (χ2n) is 5.23. The molecule has 0 saturated heterocycles. The lowest BCUT2D eigenvalue weighted by Crippen LogP contribution is -2.37. The summed E-state index contributed by atoms with van der Waals surface area (Å²) < 4.78 is 10.7. The number of benzene rings is 1. The predicted octanol–water partition coefficient (Wildman–Crippen LogP) is 2.13. The SMILES string of the molecule is COc1ccc(OC)c(C(C)NCC2CC(O)C2)c1. The van der Waals surface area contributed by atoms with Crippen molar-refractivity contribution in [3.63, 3.8) is 0 Å². The van der Waals surface area contributed by atoms with Crippen molar-refractivity contribution in [3.05, 3.63) is 23.8 Å². The summed E-state index contributed by atoms with van der Waals surface area (Å²) in [6.07, 6.45) is 1.73. The summed E-state index contributed by atoms with van der Waals surface area (Å²) in [4.78, 5) is 0. The van der Waals surface area contributed by atoms with Crippen molar-refractivity contribution in [2.45, 2.75) is 31.9 Å². The first kappa shape index (κ1) is 14.2. The molecule has 1 saturated carbocycles. The lowest BCUT2D eigenvalue weighted by atomic mass is 9.82. The zero-order valence-corrected chi connectivity index (χ0v) is 11.8. The van der Waals surface area contributed by atoms with Crippen molar-refractivity contribution < 1.29 is 14.6 Å². The minimum Gasteiger partial charge on any atom is -0.497 e. The van der Waals surface area contributed by atoms with Gasteiger partial charge in [-0.3, -0.25) is 0 Å². The Hall–Kier alpha value is -1.26. The Morgan fingerprint density at radius 3 is 2.63 bits per heavy atom. The highest BCUT2D eigenvalue weighted by Gasteiger charge is 2.27. The summed E-state index contributed by atoms with van der Waals surface area (Å²) in [6.45, 7) is 3.05. The van der Waals surface area contributed by atoms with Crippen LogP contribution in [-0.4, -0.2) is 32.0 Å². The summed E-state index contributed by atoms with van der Waals surface area (Å²) in [6, 6.07) is 6.03. The van der Waals surface area contributed by atoms with Crippen LogP contribution in [-0.2, 0) is 0 Å². The molecule has 1 aliphatic carbocycles. The van der Waals surface area contributed by atoms with Crippen molar-refractivity contribution in [1.29, 1.82) is 0 Å². The van der Waals surface area contributed by atoms with Gasteiger partial charge in [0.05, 0.1) is 20.3 Å². The van der Waals surface area contributed by atoms with Crippen molar-refractivity contribution in [2.24, 2.45) is 5.92 Å². The predicted molar refractivity (Wildman–Crippen MR) is 74.7 cm³/mol. The van der Waals surface area contributed by atoms with Crippen molar-refractivity contribution in [3.8, 4) is 11.5 Å². The Bertz CT molecular complexity index is 416. The number of aliphatic hydroxyl groups excluding tert-OH is 1. The fourth-order valence-corrected chi connectivity index (χ4v) is 2.50. The summed E-state index contributed by atoms with van der Waals surface area (Å²) in [5.74, 6) is 2.30. The molecule has 4 nitrogen and oxygen atoms in total. The average molecular weight is 265 g/mol. The number of methoxy groups -OCH3 is 2. The first-order valence-corrected chi connectivity index (χ1v) is 6.77. The van der Waals surface area contributed by atoms with Crippen LogP contribution in [0.3, 0.4) is 0 Å². The Kier molecular flexibility index (Phi) is 4.66. The van der Waals surface area contributed by atoms with Crippen LogP contribution in [0, 0.1) is 5.92 Å². The second-order valence-corrected chi connectivity index (χ2v) is 5.23. The molecule has 0 amide bonds. The molecule has 1 aliphatic rings. The smallest absolute Gasteiger partial charge is 0.123 e. The van der Waals surface area contributed by atoms with Gasteiger partial charge in [-0.25, -0.2) is 0 Å². The average Bonchev–Trinajstić information content (AvgIpc) is 2.41. The monoisotopic (exact) mass is 265 g/mol. The maximum Gasteiger partial charge on any atom is 0.123 e. The summed E-state index contributed by atoms with van der Waals surface area (Å²) >= 11 is 0. The van der Waals surface area contributed by atoms with E-state index < -0.39 is 0 Å². The van der Waals surface area contributed by atoms with Gasteiger partial charge >= 0.3 is 0 Å². The van der Waals surface area contributed by atoms with E-state index in [2.05, 4.69) is 12.2 Å². The Balaban J connectivity index is 1.98. The topological polar surface area (TPSA) is 50.7 Å². The minimum absolute atomic E-state index is 0.0894. The molecule has 106 valence electrons. The van der Waals surface area contributed by atoms with Crippen LogP contribution >= 0.6 is 0 Å². The molecule has 19 heavy (non-hydrogen) atoms. The van der Waals surface area contributed by atoms with Crippen molar-refractivity contribution >= 4 is 0 Å². The van der Waals surface area contributed by atoms with Gasteiger partial charge in [-0.2, -0.15) is 0 Å². The second kappa shape index (κ2) is 6.26. The lowest BCUT2D eigenvalue weighted by molar-refractivity contribution is 0.0420. The molecule has 1 atom stereocenters. The van der Waals surface area contributed by atoms with Gasteiger partial charge in [0.15, 0.2) is 0 Å². The van der Waals surface area contributed by atoms with Crippen molar-refractivity contribution in [1.82, 2.24) is 5.32 Å². The fraction of sp³-hybridized carbons (Fsp3) is 0.600. The Labute approximate surface area is 114 Å². The largest absolute Gasteiger partial charge is 0.497 e. The normalized spacial score (nSPS) is 23.6. The molecular weight excluding hydrogens is 242 g/mol. The van der Waals surface area contributed by atoms with E-state index in [4.69, 9.17) is 9.47 Å². The summed E-state index contributed by atoms with van der Waals surface area (Å²) in [5.41, 5.74) is 1.10. The van der Waals surface area contributed by atoms with Crippen LogP contribution in [0.2, 0.25) is 0 Å². The summed E-state index contributed by atoms with van der Waals surface area (Å²) in [5, 5.41) is 12.8. The van der Waals surface area contributed by atoms with E-state index in [-0.39, 0.29) is 12.1 Å². The number of hydrogen-bond donors (Lipinski definition) is 2. The molecule has 0 aromatic heterocycles. The Morgan fingerprint density at radius 2 is 2.05 bits per heavy atom.